The number of aromatic amines is 1. The van der Waals surface area contributed by atoms with Crippen LogP contribution in [-0.2, 0) is 20.7 Å². The molecule has 2 rings (SSSR count). The zero-order valence-corrected chi connectivity index (χ0v) is 10.8. The normalized spacial score (nSPS) is 12.1. The Balaban J connectivity index is 2.02. The molecule has 0 atom stereocenters. The van der Waals surface area contributed by atoms with Crippen molar-refractivity contribution in [1.29, 1.82) is 0 Å². The minimum absolute atomic E-state index is 0.140. The number of nitrogens with one attached hydrogen (secondary N) is 1. The van der Waals surface area contributed by atoms with Crippen LogP contribution in [0.4, 0.5) is 4.39 Å². The highest BCUT2D eigenvalue weighted by Gasteiger charge is 2.07. The quantitative estimate of drug-likeness (QED) is 0.670. The summed E-state index contributed by atoms with van der Waals surface area (Å²) in [5.41, 5.74) is 1.44. The van der Waals surface area contributed by atoms with Crippen LogP contribution >= 0.6 is 0 Å². The van der Waals surface area contributed by atoms with Gasteiger partial charge in [-0.25, -0.2) is 4.39 Å². The lowest BCUT2D eigenvalue weighted by molar-refractivity contribution is 0.316. The fourth-order valence-electron chi connectivity index (χ4n) is 1.86. The summed E-state index contributed by atoms with van der Waals surface area (Å²) in [5.74, 6) is -0.286. The van der Waals surface area contributed by atoms with Crippen LogP contribution in [0.5, 0.6) is 0 Å². The van der Waals surface area contributed by atoms with Gasteiger partial charge >= 0.3 is 0 Å². The van der Waals surface area contributed by atoms with E-state index in [1.807, 2.05) is 6.07 Å². The van der Waals surface area contributed by atoms with Crippen LogP contribution in [0.2, 0.25) is 0 Å². The van der Waals surface area contributed by atoms with Gasteiger partial charge in [-0.05, 0) is 24.5 Å². The second-order valence-corrected chi connectivity index (χ2v) is 5.75. The molecule has 0 saturated carbocycles. The van der Waals surface area contributed by atoms with Gasteiger partial charge < -0.3 is 4.98 Å². The van der Waals surface area contributed by atoms with Crippen molar-refractivity contribution in [1.82, 2.24) is 4.98 Å². The molecule has 0 aliphatic carbocycles. The Morgan fingerprint density at radius 2 is 2.17 bits per heavy atom. The van der Waals surface area contributed by atoms with E-state index in [4.69, 9.17) is 0 Å². The van der Waals surface area contributed by atoms with Gasteiger partial charge in [0.15, 0.2) is 0 Å². The van der Waals surface area contributed by atoms with Crippen molar-refractivity contribution < 1.29 is 17.0 Å². The first-order valence-electron chi connectivity index (χ1n) is 5.56. The van der Waals surface area contributed by atoms with Crippen molar-refractivity contribution in [3.8, 4) is 0 Å². The Hall–Kier alpha value is -1.40. The van der Waals surface area contributed by atoms with E-state index in [0.29, 0.717) is 18.4 Å². The number of benzene rings is 1. The maximum absolute atomic E-state index is 13.4. The molecule has 0 aliphatic heterocycles. The molecule has 0 unspecified atom stereocenters. The van der Waals surface area contributed by atoms with Crippen molar-refractivity contribution in [2.45, 2.75) is 12.8 Å². The molecule has 1 aromatic heterocycles. The zero-order valence-electron chi connectivity index (χ0n) is 9.94. The summed E-state index contributed by atoms with van der Waals surface area (Å²) in [5, 5.41) is 0.828. The molecule has 4 nitrogen and oxygen atoms in total. The zero-order chi connectivity index (χ0) is 13.2. The molecule has 1 heterocycles. The van der Waals surface area contributed by atoms with E-state index >= 15 is 0 Å². The maximum Gasteiger partial charge on any atom is 0.264 e. The molecule has 2 aromatic rings. The summed E-state index contributed by atoms with van der Waals surface area (Å²) < 4.78 is 39.6. The molecule has 0 fully saturated rings. The first kappa shape index (κ1) is 13.0. The Bertz CT molecular complexity index is 648. The van der Waals surface area contributed by atoms with Crippen LogP contribution in [0.1, 0.15) is 12.0 Å². The highest BCUT2D eigenvalue weighted by Crippen LogP contribution is 2.21. The molecule has 0 spiro atoms. The number of aryl methyl sites for hydroxylation is 1. The maximum atomic E-state index is 13.4. The molecule has 1 N–H and O–H groups in total. The van der Waals surface area contributed by atoms with Crippen molar-refractivity contribution in [3.05, 3.63) is 35.8 Å². The van der Waals surface area contributed by atoms with Crippen LogP contribution in [-0.4, -0.2) is 26.3 Å². The number of para-hydroxylation sites is 1. The number of halogens is 1. The average Bonchev–Trinajstić information content (AvgIpc) is 2.68. The third-order valence-corrected chi connectivity index (χ3v) is 3.23. The first-order valence-corrected chi connectivity index (χ1v) is 7.38. The lowest BCUT2D eigenvalue weighted by Gasteiger charge is -2.01. The molecule has 0 amide bonds. The predicted octanol–water partition coefficient (Wildman–Crippen LogP) is 2.22. The summed E-state index contributed by atoms with van der Waals surface area (Å²) in [6.07, 6.45) is 3.97. The monoisotopic (exact) mass is 271 g/mol. The number of hydrogen-bond donors (Lipinski definition) is 1. The summed E-state index contributed by atoms with van der Waals surface area (Å²) in [7, 11) is -3.38. The van der Waals surface area contributed by atoms with Crippen LogP contribution in [0.15, 0.2) is 24.4 Å². The molecule has 1 aromatic carbocycles. The minimum atomic E-state index is -3.38. The molecule has 98 valence electrons. The topological polar surface area (TPSA) is 59.2 Å². The summed E-state index contributed by atoms with van der Waals surface area (Å²) in [6.45, 7) is 0.140. The van der Waals surface area contributed by atoms with Crippen molar-refractivity contribution >= 4 is 21.0 Å². The van der Waals surface area contributed by atoms with E-state index in [9.17, 15) is 12.8 Å². The van der Waals surface area contributed by atoms with Crippen molar-refractivity contribution in [2.75, 3.05) is 12.9 Å². The Morgan fingerprint density at radius 1 is 1.39 bits per heavy atom. The Morgan fingerprint density at radius 3 is 2.89 bits per heavy atom. The first-order chi connectivity index (χ1) is 8.47. The van der Waals surface area contributed by atoms with Crippen molar-refractivity contribution in [2.24, 2.45) is 0 Å². The summed E-state index contributed by atoms with van der Waals surface area (Å²) in [6, 6.07) is 4.89. The molecule has 6 heteroatoms. The highest BCUT2D eigenvalue weighted by molar-refractivity contribution is 7.85. The molecule has 0 bridgehead atoms. The fourth-order valence-corrected chi connectivity index (χ4v) is 2.28. The van der Waals surface area contributed by atoms with Gasteiger partial charge in [-0.3, -0.25) is 4.18 Å². The molecular weight excluding hydrogens is 257 g/mol. The molecule has 0 radical (unpaired) electrons. The largest absolute Gasteiger partial charge is 0.359 e. The van der Waals surface area contributed by atoms with Gasteiger partial charge in [-0.2, -0.15) is 8.42 Å². The molecule has 18 heavy (non-hydrogen) atoms. The van der Waals surface area contributed by atoms with Crippen LogP contribution in [0.3, 0.4) is 0 Å². The third kappa shape index (κ3) is 3.08. The third-order valence-electron chi connectivity index (χ3n) is 2.64. The van der Waals surface area contributed by atoms with Gasteiger partial charge in [-0.1, -0.05) is 12.1 Å². The Labute approximate surface area is 105 Å². The highest BCUT2D eigenvalue weighted by atomic mass is 32.2. The molecular formula is C12H14FNO3S. The van der Waals surface area contributed by atoms with Crippen LogP contribution in [0, 0.1) is 5.82 Å². The second-order valence-electron chi connectivity index (χ2n) is 4.11. The molecule has 0 aliphatic rings. The average molecular weight is 271 g/mol. The number of hydrogen-bond acceptors (Lipinski definition) is 3. The number of rotatable bonds is 5. The van der Waals surface area contributed by atoms with E-state index < -0.39 is 10.1 Å². The van der Waals surface area contributed by atoms with E-state index in [1.165, 1.54) is 6.07 Å². The fraction of sp³-hybridized carbons (Fsp3) is 0.333. The summed E-state index contributed by atoms with van der Waals surface area (Å²) >= 11 is 0. The number of fused-ring (bicyclic) bond motifs is 1. The van der Waals surface area contributed by atoms with E-state index in [-0.39, 0.29) is 12.4 Å². The lowest BCUT2D eigenvalue weighted by Crippen LogP contribution is -2.04. The van der Waals surface area contributed by atoms with Gasteiger partial charge in [0.2, 0.25) is 0 Å². The van der Waals surface area contributed by atoms with E-state index in [0.717, 1.165) is 17.2 Å². The number of aromatic nitrogens is 1. The van der Waals surface area contributed by atoms with E-state index in [2.05, 4.69) is 9.17 Å². The van der Waals surface area contributed by atoms with Crippen LogP contribution in [0.25, 0.3) is 10.9 Å². The van der Waals surface area contributed by atoms with Gasteiger partial charge in [-0.15, -0.1) is 0 Å². The van der Waals surface area contributed by atoms with Crippen molar-refractivity contribution in [3.63, 3.8) is 0 Å². The SMILES string of the molecule is CS(=O)(=O)OCCCc1c[nH]c2c(F)cccc12. The van der Waals surface area contributed by atoms with E-state index in [1.54, 1.807) is 12.3 Å². The molecule has 0 saturated heterocycles. The van der Waals surface area contributed by atoms with Gasteiger partial charge in [0.05, 0.1) is 18.4 Å². The predicted molar refractivity (Wildman–Crippen MR) is 67.4 cm³/mol. The lowest BCUT2D eigenvalue weighted by atomic mass is 10.1. The minimum Gasteiger partial charge on any atom is -0.359 e. The smallest absolute Gasteiger partial charge is 0.264 e. The standard InChI is InChI=1S/C12H14FNO3S/c1-18(15,16)17-7-3-4-9-8-14-12-10(9)5-2-6-11(12)13/h2,5-6,8,14H,3-4,7H2,1H3. The summed E-state index contributed by atoms with van der Waals surface area (Å²) in [4.78, 5) is 2.88. The van der Waals surface area contributed by atoms with Gasteiger partial charge in [0, 0.05) is 11.6 Å². The van der Waals surface area contributed by atoms with Gasteiger partial charge in [0.1, 0.15) is 5.82 Å². The van der Waals surface area contributed by atoms with Crippen LogP contribution < -0.4 is 0 Å². The Kier molecular flexibility index (Phi) is 3.68. The second kappa shape index (κ2) is 5.07. The number of H-pyrrole nitrogens is 1. The van der Waals surface area contributed by atoms with Gasteiger partial charge in [0.25, 0.3) is 10.1 Å².